The first-order chi connectivity index (χ1) is 11.7. The quantitative estimate of drug-likeness (QED) is 0.722. The molecule has 1 saturated heterocycles. The van der Waals surface area contributed by atoms with E-state index in [1.54, 1.807) is 22.7 Å². The van der Waals surface area contributed by atoms with Crippen molar-refractivity contribution in [3.05, 3.63) is 41.3 Å². The molecule has 25 heavy (non-hydrogen) atoms. The molecule has 0 saturated carbocycles. The second kappa shape index (κ2) is 7.83. The van der Waals surface area contributed by atoms with Gasteiger partial charge in [0.15, 0.2) is 0 Å². The maximum absolute atomic E-state index is 12.8. The first-order valence-electron chi connectivity index (χ1n) is 8.17. The van der Waals surface area contributed by atoms with E-state index in [4.69, 9.17) is 0 Å². The van der Waals surface area contributed by atoms with E-state index >= 15 is 0 Å². The van der Waals surface area contributed by atoms with E-state index in [0.29, 0.717) is 6.04 Å². The van der Waals surface area contributed by atoms with Gasteiger partial charge in [-0.25, -0.2) is 4.98 Å². The fourth-order valence-corrected chi connectivity index (χ4v) is 5.09. The van der Waals surface area contributed by atoms with Crippen LogP contribution in [0.2, 0.25) is 0 Å². The summed E-state index contributed by atoms with van der Waals surface area (Å²) in [5.74, 6) is 0.146. The molecule has 1 amide bonds. The Hall–Kier alpha value is -1.47. The molecule has 0 spiro atoms. The van der Waals surface area contributed by atoms with Crippen molar-refractivity contribution in [1.29, 1.82) is 0 Å². The summed E-state index contributed by atoms with van der Waals surface area (Å²) in [6, 6.07) is 12.5. The molecule has 0 aliphatic carbocycles. The Morgan fingerprint density at radius 3 is 2.88 bits per heavy atom. The minimum Gasteiger partial charge on any atom is -0.336 e. The third-order valence-corrected chi connectivity index (χ3v) is 6.72. The number of piperidine rings is 1. The van der Waals surface area contributed by atoms with Gasteiger partial charge < -0.3 is 10.2 Å². The monoisotopic (exact) mass is 393 g/mol. The smallest absolute Gasteiger partial charge is 0.263 e. The lowest BCUT2D eigenvalue weighted by molar-refractivity contribution is 0.0703. The van der Waals surface area contributed by atoms with Crippen LogP contribution in [0.25, 0.3) is 20.1 Å². The lowest BCUT2D eigenvalue weighted by Gasteiger charge is -2.32. The normalized spacial score (nSPS) is 17.5. The highest BCUT2D eigenvalue weighted by atomic mass is 35.5. The van der Waals surface area contributed by atoms with Gasteiger partial charge in [0, 0.05) is 19.1 Å². The van der Waals surface area contributed by atoms with Gasteiger partial charge in [0.1, 0.15) is 5.01 Å². The zero-order chi connectivity index (χ0) is 16.5. The van der Waals surface area contributed by atoms with Crippen LogP contribution in [0.5, 0.6) is 0 Å². The van der Waals surface area contributed by atoms with Gasteiger partial charge in [0.05, 0.1) is 20.0 Å². The Labute approximate surface area is 161 Å². The van der Waals surface area contributed by atoms with Crippen LogP contribution in [-0.2, 0) is 0 Å². The van der Waals surface area contributed by atoms with Crippen LogP contribution in [0.4, 0.5) is 0 Å². The van der Waals surface area contributed by atoms with Gasteiger partial charge in [-0.1, -0.05) is 12.1 Å². The number of thiophene rings is 1. The summed E-state index contributed by atoms with van der Waals surface area (Å²) in [6.07, 6.45) is 2.20. The number of para-hydroxylation sites is 1. The molecule has 0 bridgehead atoms. The second-order valence-corrected chi connectivity index (χ2v) is 8.14. The minimum absolute atomic E-state index is 0. The predicted octanol–water partition coefficient (Wildman–Crippen LogP) is 4.27. The van der Waals surface area contributed by atoms with Gasteiger partial charge in [-0.3, -0.25) is 4.79 Å². The van der Waals surface area contributed by atoms with Gasteiger partial charge in [0.2, 0.25) is 0 Å². The number of likely N-dealkylation sites (tertiary alicyclic amines) is 1. The van der Waals surface area contributed by atoms with Crippen molar-refractivity contribution >= 4 is 51.2 Å². The molecular formula is C18H20ClN3OS2. The lowest BCUT2D eigenvalue weighted by Crippen LogP contribution is -2.46. The number of likely N-dealkylation sites (N-methyl/N-ethyl adjacent to an activating group) is 1. The average Bonchev–Trinajstić information content (AvgIpc) is 3.27. The molecule has 1 aromatic carbocycles. The SMILES string of the molecule is CNC1CCCN(C(=O)c2ccc(-c3nc4ccccc4s3)s2)C1.Cl. The molecule has 7 heteroatoms. The first kappa shape index (κ1) is 18.3. The summed E-state index contributed by atoms with van der Waals surface area (Å²) in [6.45, 7) is 1.65. The van der Waals surface area contributed by atoms with Crippen molar-refractivity contribution in [1.82, 2.24) is 15.2 Å². The summed E-state index contributed by atoms with van der Waals surface area (Å²) < 4.78 is 1.18. The largest absolute Gasteiger partial charge is 0.336 e. The van der Waals surface area contributed by atoms with Crippen LogP contribution >= 0.6 is 35.1 Å². The molecule has 1 N–H and O–H groups in total. The summed E-state index contributed by atoms with van der Waals surface area (Å²) in [5, 5.41) is 4.28. The number of hydrogen-bond acceptors (Lipinski definition) is 5. The topological polar surface area (TPSA) is 45.2 Å². The number of halogens is 1. The zero-order valence-electron chi connectivity index (χ0n) is 13.9. The van der Waals surface area contributed by atoms with E-state index in [0.717, 1.165) is 46.2 Å². The Morgan fingerprint density at radius 2 is 2.08 bits per heavy atom. The number of nitrogens with one attached hydrogen (secondary N) is 1. The van der Waals surface area contributed by atoms with E-state index in [9.17, 15) is 4.79 Å². The number of carbonyl (C=O) groups excluding carboxylic acids is 1. The molecule has 3 aromatic rings. The van der Waals surface area contributed by atoms with Crippen molar-refractivity contribution < 1.29 is 4.79 Å². The Balaban J connectivity index is 0.00000182. The molecule has 0 radical (unpaired) electrons. The number of fused-ring (bicyclic) bond motifs is 1. The predicted molar refractivity (Wildman–Crippen MR) is 108 cm³/mol. The third kappa shape index (κ3) is 3.72. The second-order valence-electron chi connectivity index (χ2n) is 6.03. The van der Waals surface area contributed by atoms with Crippen molar-refractivity contribution in [3.63, 3.8) is 0 Å². The van der Waals surface area contributed by atoms with E-state index in [1.807, 2.05) is 42.3 Å². The molecule has 1 fully saturated rings. The van der Waals surface area contributed by atoms with Crippen LogP contribution in [-0.4, -0.2) is 42.0 Å². The van der Waals surface area contributed by atoms with Gasteiger partial charge in [-0.2, -0.15) is 0 Å². The van der Waals surface area contributed by atoms with E-state index < -0.39 is 0 Å². The molecule has 2 aromatic heterocycles. The van der Waals surface area contributed by atoms with Crippen molar-refractivity contribution in [3.8, 4) is 9.88 Å². The minimum atomic E-state index is 0. The van der Waals surface area contributed by atoms with Crippen molar-refractivity contribution in [2.45, 2.75) is 18.9 Å². The van der Waals surface area contributed by atoms with Crippen LogP contribution in [0.15, 0.2) is 36.4 Å². The summed E-state index contributed by atoms with van der Waals surface area (Å²) >= 11 is 3.23. The third-order valence-electron chi connectivity index (χ3n) is 4.44. The van der Waals surface area contributed by atoms with Crippen LogP contribution in [0.3, 0.4) is 0 Å². The molecule has 1 unspecified atom stereocenters. The number of hydrogen-bond donors (Lipinski definition) is 1. The number of rotatable bonds is 3. The molecule has 3 heterocycles. The highest BCUT2D eigenvalue weighted by Gasteiger charge is 2.24. The zero-order valence-corrected chi connectivity index (χ0v) is 16.3. The highest BCUT2D eigenvalue weighted by Crippen LogP contribution is 2.34. The maximum Gasteiger partial charge on any atom is 0.263 e. The number of thiazole rings is 1. The molecular weight excluding hydrogens is 374 g/mol. The number of amides is 1. The Bertz CT molecular complexity index is 843. The van der Waals surface area contributed by atoms with E-state index in [2.05, 4.69) is 16.4 Å². The average molecular weight is 394 g/mol. The van der Waals surface area contributed by atoms with E-state index in [1.165, 1.54) is 4.70 Å². The van der Waals surface area contributed by atoms with Crippen LogP contribution in [0, 0.1) is 0 Å². The van der Waals surface area contributed by atoms with Crippen LogP contribution < -0.4 is 5.32 Å². The molecule has 1 atom stereocenters. The summed E-state index contributed by atoms with van der Waals surface area (Å²) in [7, 11) is 1.97. The van der Waals surface area contributed by atoms with E-state index in [-0.39, 0.29) is 18.3 Å². The lowest BCUT2D eigenvalue weighted by atomic mass is 10.1. The number of aromatic nitrogens is 1. The number of benzene rings is 1. The fraction of sp³-hybridized carbons (Fsp3) is 0.333. The molecule has 132 valence electrons. The molecule has 1 aliphatic rings. The standard InChI is InChI=1S/C18H19N3OS2.ClH/c1-19-12-5-4-10-21(11-12)18(22)16-9-8-15(23-16)17-20-13-6-2-3-7-14(13)24-17;/h2-3,6-9,12,19H,4-5,10-11H2,1H3;1H. The Morgan fingerprint density at radius 1 is 1.24 bits per heavy atom. The fourth-order valence-electron chi connectivity index (χ4n) is 3.10. The highest BCUT2D eigenvalue weighted by molar-refractivity contribution is 7.26. The molecule has 1 aliphatic heterocycles. The number of nitrogens with zero attached hydrogens (tertiary/aromatic N) is 2. The summed E-state index contributed by atoms with van der Waals surface area (Å²) in [5.41, 5.74) is 1.02. The van der Waals surface area contributed by atoms with Crippen LogP contribution in [0.1, 0.15) is 22.5 Å². The van der Waals surface area contributed by atoms with Gasteiger partial charge >= 0.3 is 0 Å². The van der Waals surface area contributed by atoms with Gasteiger partial charge in [0.25, 0.3) is 5.91 Å². The number of carbonyl (C=O) groups is 1. The maximum atomic E-state index is 12.8. The molecule has 4 rings (SSSR count). The van der Waals surface area contributed by atoms with Crippen molar-refractivity contribution in [2.75, 3.05) is 20.1 Å². The van der Waals surface area contributed by atoms with Gasteiger partial charge in [-0.05, 0) is 44.2 Å². The van der Waals surface area contributed by atoms with Gasteiger partial charge in [-0.15, -0.1) is 35.1 Å². The van der Waals surface area contributed by atoms with Crippen molar-refractivity contribution in [2.24, 2.45) is 0 Å². The Kier molecular flexibility index (Phi) is 5.74. The summed E-state index contributed by atoms with van der Waals surface area (Å²) in [4.78, 5) is 21.3. The first-order valence-corrected chi connectivity index (χ1v) is 9.80. The molecule has 4 nitrogen and oxygen atoms in total.